The van der Waals surface area contributed by atoms with Crippen molar-refractivity contribution in [3.05, 3.63) is 23.3 Å². The summed E-state index contributed by atoms with van der Waals surface area (Å²) in [6, 6.07) is 0. The van der Waals surface area contributed by atoms with Gasteiger partial charge < -0.3 is 21.7 Å². The average Bonchev–Trinajstić information content (AvgIpc) is 3.07. The molecule has 0 saturated carbocycles. The van der Waals surface area contributed by atoms with Crippen molar-refractivity contribution in [2.24, 2.45) is 11.5 Å². The van der Waals surface area contributed by atoms with Crippen LogP contribution < -0.4 is 11.5 Å². The number of hydrogen-bond acceptors (Lipinski definition) is 5. The minimum atomic E-state index is -0.742. The molecule has 0 amide bonds. The fraction of sp³-hybridized carbons (Fsp3) is 0.750. The highest BCUT2D eigenvalue weighted by molar-refractivity contribution is 5.99. The highest BCUT2D eigenvalue weighted by Crippen LogP contribution is 2.28. The summed E-state index contributed by atoms with van der Waals surface area (Å²) >= 11 is 0. The van der Waals surface area contributed by atoms with Crippen LogP contribution in [-0.2, 0) is 9.59 Å². The number of unbranched alkanes of at least 4 members (excludes halogenated alkanes) is 6. The number of hydrogen-bond donors (Lipinski definition) is 4. The molecule has 0 unspecified atom stereocenters. The zero-order chi connectivity index (χ0) is 22.6. The minimum absolute atomic E-state index is 0.228. The number of nitrogens with two attached hydrogens (primary N) is 2. The van der Waals surface area contributed by atoms with Gasteiger partial charge in [0.1, 0.15) is 0 Å². The van der Waals surface area contributed by atoms with Crippen molar-refractivity contribution in [1.82, 2.24) is 0 Å². The molecule has 1 aliphatic carbocycles. The molecule has 30 heavy (non-hydrogen) atoms. The van der Waals surface area contributed by atoms with Crippen LogP contribution in [0.4, 0.5) is 0 Å². The van der Waals surface area contributed by atoms with Crippen molar-refractivity contribution in [3.8, 4) is 0 Å². The summed E-state index contributed by atoms with van der Waals surface area (Å²) in [6.07, 6.45) is 15.4. The predicted octanol–water partition coefficient (Wildman–Crippen LogP) is 4.25. The number of aliphatic hydroxyl groups excluding tert-OH is 1. The van der Waals surface area contributed by atoms with E-state index in [2.05, 4.69) is 6.92 Å². The smallest absolute Gasteiger partial charge is 0.303 e. The molecular formula is C24H44N2O4. The maximum atomic E-state index is 12.0. The van der Waals surface area contributed by atoms with Gasteiger partial charge in [-0.25, -0.2) is 0 Å². The first kappa shape index (κ1) is 28.5. The zero-order valence-corrected chi connectivity index (χ0v) is 18.9. The SMILES string of the molecule is CCCCC[C@H](O)C=CC1=C(CCCCCCC(=O)O)C(=O)CC1.NCCCCN. The monoisotopic (exact) mass is 424 g/mol. The van der Waals surface area contributed by atoms with Gasteiger partial charge in [-0.15, -0.1) is 0 Å². The largest absolute Gasteiger partial charge is 0.481 e. The van der Waals surface area contributed by atoms with Gasteiger partial charge in [-0.2, -0.15) is 0 Å². The molecule has 0 heterocycles. The maximum absolute atomic E-state index is 12.0. The lowest BCUT2D eigenvalue weighted by Crippen LogP contribution is -2.03. The van der Waals surface area contributed by atoms with E-state index in [9.17, 15) is 14.7 Å². The van der Waals surface area contributed by atoms with Crippen molar-refractivity contribution in [2.75, 3.05) is 13.1 Å². The highest BCUT2D eigenvalue weighted by Gasteiger charge is 2.20. The Morgan fingerprint density at radius 1 is 1.00 bits per heavy atom. The molecule has 0 aromatic carbocycles. The third-order valence-corrected chi connectivity index (χ3v) is 5.19. The van der Waals surface area contributed by atoms with Gasteiger partial charge in [0.05, 0.1) is 6.10 Å². The number of carboxylic acids is 1. The Labute approximate surface area is 182 Å². The molecule has 0 spiro atoms. The third kappa shape index (κ3) is 15.4. The molecule has 0 bridgehead atoms. The second-order valence-electron chi connectivity index (χ2n) is 7.94. The summed E-state index contributed by atoms with van der Waals surface area (Å²) in [4.78, 5) is 22.5. The molecule has 0 aliphatic heterocycles. The molecule has 6 heteroatoms. The van der Waals surface area contributed by atoms with Gasteiger partial charge in [-0.1, -0.05) is 51.2 Å². The van der Waals surface area contributed by atoms with Gasteiger partial charge in [0.2, 0.25) is 0 Å². The number of allylic oxidation sites excluding steroid dienone is 3. The maximum Gasteiger partial charge on any atom is 0.303 e. The number of rotatable bonds is 16. The van der Waals surface area contributed by atoms with E-state index in [1.54, 1.807) is 0 Å². The van der Waals surface area contributed by atoms with E-state index in [1.165, 1.54) is 0 Å². The summed E-state index contributed by atoms with van der Waals surface area (Å²) in [7, 11) is 0. The molecule has 0 saturated heterocycles. The normalized spacial score (nSPS) is 14.9. The van der Waals surface area contributed by atoms with E-state index in [0.29, 0.717) is 12.8 Å². The van der Waals surface area contributed by atoms with E-state index in [1.807, 2.05) is 12.2 Å². The Bertz CT molecular complexity index is 525. The van der Waals surface area contributed by atoms with Gasteiger partial charge in [0.15, 0.2) is 5.78 Å². The summed E-state index contributed by atoms with van der Waals surface area (Å²) < 4.78 is 0. The van der Waals surface area contributed by atoms with Crippen LogP contribution in [0.3, 0.4) is 0 Å². The second-order valence-corrected chi connectivity index (χ2v) is 7.94. The molecule has 6 N–H and O–H groups in total. The Kier molecular flexibility index (Phi) is 18.5. The fourth-order valence-corrected chi connectivity index (χ4v) is 3.36. The zero-order valence-electron chi connectivity index (χ0n) is 18.9. The van der Waals surface area contributed by atoms with E-state index in [-0.39, 0.29) is 12.2 Å². The lowest BCUT2D eigenvalue weighted by Gasteiger charge is -2.06. The molecule has 1 rings (SSSR count). The fourth-order valence-electron chi connectivity index (χ4n) is 3.36. The van der Waals surface area contributed by atoms with E-state index < -0.39 is 12.1 Å². The van der Waals surface area contributed by atoms with E-state index in [0.717, 1.165) is 94.9 Å². The summed E-state index contributed by atoms with van der Waals surface area (Å²) in [5.74, 6) is -0.505. The molecule has 0 fully saturated rings. The van der Waals surface area contributed by atoms with Gasteiger partial charge in [0.25, 0.3) is 0 Å². The number of aliphatic hydroxyl groups is 1. The molecular weight excluding hydrogens is 380 g/mol. The first-order valence-electron chi connectivity index (χ1n) is 11.7. The summed E-state index contributed by atoms with van der Waals surface area (Å²) in [5, 5.41) is 18.6. The van der Waals surface area contributed by atoms with E-state index in [4.69, 9.17) is 16.6 Å². The van der Waals surface area contributed by atoms with Crippen molar-refractivity contribution in [1.29, 1.82) is 0 Å². The van der Waals surface area contributed by atoms with Crippen LogP contribution in [0.25, 0.3) is 0 Å². The first-order chi connectivity index (χ1) is 14.5. The number of carboxylic acid groups (broad SMARTS) is 1. The minimum Gasteiger partial charge on any atom is -0.481 e. The van der Waals surface area contributed by atoms with Crippen LogP contribution >= 0.6 is 0 Å². The highest BCUT2D eigenvalue weighted by atomic mass is 16.4. The van der Waals surface area contributed by atoms with Gasteiger partial charge in [-0.05, 0) is 69.2 Å². The van der Waals surface area contributed by atoms with Crippen molar-refractivity contribution >= 4 is 11.8 Å². The number of ketones is 1. The van der Waals surface area contributed by atoms with Gasteiger partial charge in [0, 0.05) is 12.8 Å². The predicted molar refractivity (Wildman–Crippen MR) is 123 cm³/mol. The Morgan fingerprint density at radius 2 is 1.67 bits per heavy atom. The topological polar surface area (TPSA) is 127 Å². The second kappa shape index (κ2) is 19.5. The Balaban J connectivity index is 0.00000122. The Morgan fingerprint density at radius 3 is 2.27 bits per heavy atom. The van der Waals surface area contributed by atoms with E-state index >= 15 is 0 Å². The quantitative estimate of drug-likeness (QED) is 0.274. The average molecular weight is 425 g/mol. The molecule has 0 radical (unpaired) electrons. The van der Waals surface area contributed by atoms with Crippen molar-refractivity contribution in [3.63, 3.8) is 0 Å². The summed E-state index contributed by atoms with van der Waals surface area (Å²) in [5.41, 5.74) is 12.3. The molecule has 1 atom stereocenters. The Hall–Kier alpha value is -1.50. The molecule has 0 aromatic rings. The number of Topliss-reactive ketones (excluding diaryl/α,β-unsaturated/α-hetero) is 1. The van der Waals surface area contributed by atoms with Crippen molar-refractivity contribution < 1.29 is 19.8 Å². The van der Waals surface area contributed by atoms with Gasteiger partial charge in [-0.3, -0.25) is 9.59 Å². The number of aliphatic carboxylic acids is 1. The molecule has 1 aliphatic rings. The van der Waals surface area contributed by atoms with Crippen LogP contribution in [0.15, 0.2) is 23.3 Å². The first-order valence-corrected chi connectivity index (χ1v) is 11.7. The number of carbonyl (C=O) groups is 2. The van der Waals surface area contributed by atoms with Crippen LogP contribution in [-0.4, -0.2) is 41.2 Å². The third-order valence-electron chi connectivity index (χ3n) is 5.19. The van der Waals surface area contributed by atoms with Crippen molar-refractivity contribution in [2.45, 2.75) is 103 Å². The lowest BCUT2D eigenvalue weighted by molar-refractivity contribution is -0.137. The lowest BCUT2D eigenvalue weighted by atomic mass is 10.0. The number of carbonyl (C=O) groups excluding carboxylic acids is 1. The standard InChI is InChI=1S/C20H32O4.C4H12N2/c1-2-3-6-9-17(21)14-12-16-13-15-19(22)18(16)10-7-4-5-8-11-20(23)24;5-3-1-2-4-6/h12,14,17,21H,2-11,13,15H2,1H3,(H,23,24);1-6H2/t17-;/m0./s1. The van der Waals surface area contributed by atoms with Crippen LogP contribution in [0, 0.1) is 0 Å². The molecule has 0 aromatic heterocycles. The van der Waals surface area contributed by atoms with Gasteiger partial charge >= 0.3 is 5.97 Å². The molecule has 174 valence electrons. The molecule has 6 nitrogen and oxygen atoms in total. The van der Waals surface area contributed by atoms with Crippen LogP contribution in [0.1, 0.15) is 96.8 Å². The van der Waals surface area contributed by atoms with Crippen LogP contribution in [0.5, 0.6) is 0 Å². The van der Waals surface area contributed by atoms with Crippen LogP contribution in [0.2, 0.25) is 0 Å². The summed E-state index contributed by atoms with van der Waals surface area (Å²) in [6.45, 7) is 3.69.